The van der Waals surface area contributed by atoms with Gasteiger partial charge in [0.05, 0.1) is 33.2 Å². The molecule has 0 bridgehead atoms. The van der Waals surface area contributed by atoms with Crippen LogP contribution in [0.2, 0.25) is 0 Å². The second-order valence-corrected chi connectivity index (χ2v) is 4.95. The Balaban J connectivity index is 2.60. The van der Waals surface area contributed by atoms with E-state index in [1.807, 2.05) is 24.3 Å². The fourth-order valence-corrected chi connectivity index (χ4v) is 2.05. The van der Waals surface area contributed by atoms with Gasteiger partial charge in [-0.25, -0.2) is 0 Å². The number of hydrogen-bond donors (Lipinski definition) is 0. The highest BCUT2D eigenvalue weighted by molar-refractivity contribution is 5.79. The molecule has 0 heterocycles. The lowest BCUT2D eigenvalue weighted by Gasteiger charge is -2.22. The summed E-state index contributed by atoms with van der Waals surface area (Å²) in [6.45, 7) is 3.31. The Labute approximate surface area is 137 Å². The standard InChI is InChI=1S/C17H25NO5/c1-4-23-17(20)9-10-18(11-12-21-2)16(19)13-14-5-7-15(22-3)8-6-14/h5-8H,4,9-13H2,1-3H3. The molecule has 0 unspecified atom stereocenters. The van der Waals surface area contributed by atoms with E-state index >= 15 is 0 Å². The van der Waals surface area contributed by atoms with Crippen LogP contribution < -0.4 is 4.74 Å². The van der Waals surface area contributed by atoms with Crippen molar-refractivity contribution in [2.24, 2.45) is 0 Å². The molecule has 0 fully saturated rings. The van der Waals surface area contributed by atoms with Gasteiger partial charge in [0.2, 0.25) is 5.91 Å². The van der Waals surface area contributed by atoms with Crippen LogP contribution in [0, 0.1) is 0 Å². The van der Waals surface area contributed by atoms with Gasteiger partial charge in [-0.15, -0.1) is 0 Å². The van der Waals surface area contributed by atoms with Gasteiger partial charge in [0, 0.05) is 20.2 Å². The molecule has 1 rings (SSSR count). The van der Waals surface area contributed by atoms with Gasteiger partial charge in [0.1, 0.15) is 5.75 Å². The summed E-state index contributed by atoms with van der Waals surface area (Å²) in [7, 11) is 3.18. The number of rotatable bonds is 10. The van der Waals surface area contributed by atoms with Crippen LogP contribution in [0.15, 0.2) is 24.3 Å². The van der Waals surface area contributed by atoms with Crippen molar-refractivity contribution in [1.29, 1.82) is 0 Å². The van der Waals surface area contributed by atoms with E-state index in [0.717, 1.165) is 11.3 Å². The highest BCUT2D eigenvalue weighted by Gasteiger charge is 2.16. The van der Waals surface area contributed by atoms with Gasteiger partial charge >= 0.3 is 5.97 Å². The van der Waals surface area contributed by atoms with Crippen LogP contribution in [0.25, 0.3) is 0 Å². The number of benzene rings is 1. The zero-order valence-electron chi connectivity index (χ0n) is 14.0. The van der Waals surface area contributed by atoms with Gasteiger partial charge < -0.3 is 19.1 Å². The first-order valence-corrected chi connectivity index (χ1v) is 7.66. The summed E-state index contributed by atoms with van der Waals surface area (Å²) < 4.78 is 15.0. The Morgan fingerprint density at radius 3 is 2.35 bits per heavy atom. The van der Waals surface area contributed by atoms with Crippen molar-refractivity contribution in [2.45, 2.75) is 19.8 Å². The van der Waals surface area contributed by atoms with E-state index in [9.17, 15) is 9.59 Å². The SMILES string of the molecule is CCOC(=O)CCN(CCOC)C(=O)Cc1ccc(OC)cc1. The van der Waals surface area contributed by atoms with Gasteiger partial charge in [-0.05, 0) is 24.6 Å². The van der Waals surface area contributed by atoms with Gasteiger partial charge in [-0.1, -0.05) is 12.1 Å². The molecule has 0 radical (unpaired) electrons. The summed E-state index contributed by atoms with van der Waals surface area (Å²) in [5.74, 6) is 0.406. The first-order chi connectivity index (χ1) is 11.1. The normalized spacial score (nSPS) is 10.2. The van der Waals surface area contributed by atoms with Gasteiger partial charge in [-0.2, -0.15) is 0 Å². The van der Waals surface area contributed by atoms with Crippen molar-refractivity contribution in [3.63, 3.8) is 0 Å². The predicted octanol–water partition coefficient (Wildman–Crippen LogP) is 1.67. The van der Waals surface area contributed by atoms with E-state index in [2.05, 4.69) is 0 Å². The second-order valence-electron chi connectivity index (χ2n) is 4.95. The number of carbonyl (C=O) groups is 2. The van der Waals surface area contributed by atoms with E-state index in [-0.39, 0.29) is 24.7 Å². The molecule has 0 atom stereocenters. The van der Waals surface area contributed by atoms with Crippen LogP contribution >= 0.6 is 0 Å². The zero-order valence-corrected chi connectivity index (χ0v) is 14.0. The lowest BCUT2D eigenvalue weighted by atomic mass is 10.1. The van der Waals surface area contributed by atoms with Crippen molar-refractivity contribution in [3.8, 4) is 5.75 Å². The fraction of sp³-hybridized carbons (Fsp3) is 0.529. The molecular weight excluding hydrogens is 298 g/mol. The Bertz CT molecular complexity index is 486. The number of methoxy groups -OCH3 is 2. The summed E-state index contributed by atoms with van der Waals surface area (Å²) in [5, 5.41) is 0. The average Bonchev–Trinajstić information content (AvgIpc) is 2.55. The van der Waals surface area contributed by atoms with Crippen molar-refractivity contribution in [3.05, 3.63) is 29.8 Å². The predicted molar refractivity (Wildman–Crippen MR) is 86.4 cm³/mol. The molecule has 6 nitrogen and oxygen atoms in total. The third-order valence-electron chi connectivity index (χ3n) is 3.32. The number of esters is 1. The average molecular weight is 323 g/mol. The molecule has 0 aliphatic heterocycles. The topological polar surface area (TPSA) is 65.1 Å². The molecule has 1 aromatic rings. The number of carbonyl (C=O) groups excluding carboxylic acids is 2. The van der Waals surface area contributed by atoms with Gasteiger partial charge in [0.25, 0.3) is 0 Å². The van der Waals surface area contributed by atoms with E-state index in [0.29, 0.717) is 26.3 Å². The minimum Gasteiger partial charge on any atom is -0.497 e. The van der Waals surface area contributed by atoms with E-state index < -0.39 is 0 Å². The summed E-state index contributed by atoms with van der Waals surface area (Å²) >= 11 is 0. The van der Waals surface area contributed by atoms with Crippen LogP contribution in [0.5, 0.6) is 5.75 Å². The molecule has 0 saturated heterocycles. The maximum absolute atomic E-state index is 12.4. The summed E-state index contributed by atoms with van der Waals surface area (Å²) in [6.07, 6.45) is 0.461. The maximum Gasteiger partial charge on any atom is 0.307 e. The zero-order chi connectivity index (χ0) is 17.1. The van der Waals surface area contributed by atoms with E-state index in [1.54, 1.807) is 26.0 Å². The van der Waals surface area contributed by atoms with Crippen molar-refractivity contribution in [2.75, 3.05) is 40.5 Å². The Morgan fingerprint density at radius 2 is 1.78 bits per heavy atom. The van der Waals surface area contributed by atoms with Crippen LogP contribution in [0.4, 0.5) is 0 Å². The van der Waals surface area contributed by atoms with Crippen LogP contribution in [-0.2, 0) is 25.5 Å². The lowest BCUT2D eigenvalue weighted by Crippen LogP contribution is -2.36. The van der Waals surface area contributed by atoms with Crippen LogP contribution in [0.3, 0.4) is 0 Å². The van der Waals surface area contributed by atoms with Crippen LogP contribution in [0.1, 0.15) is 18.9 Å². The quantitative estimate of drug-likeness (QED) is 0.613. The smallest absolute Gasteiger partial charge is 0.307 e. The molecule has 6 heteroatoms. The number of ether oxygens (including phenoxy) is 3. The molecule has 1 aromatic carbocycles. The number of hydrogen-bond acceptors (Lipinski definition) is 5. The van der Waals surface area contributed by atoms with E-state index in [4.69, 9.17) is 14.2 Å². The molecule has 1 amide bonds. The Kier molecular flexibility index (Phi) is 8.75. The highest BCUT2D eigenvalue weighted by Crippen LogP contribution is 2.12. The Hall–Kier alpha value is -2.08. The highest BCUT2D eigenvalue weighted by atomic mass is 16.5. The summed E-state index contributed by atoms with van der Waals surface area (Å²) in [5.41, 5.74) is 0.898. The minimum atomic E-state index is -0.299. The van der Waals surface area contributed by atoms with Crippen LogP contribution in [-0.4, -0.2) is 57.3 Å². The molecule has 0 saturated carbocycles. The first kappa shape index (κ1) is 19.0. The molecule has 23 heavy (non-hydrogen) atoms. The monoisotopic (exact) mass is 323 g/mol. The van der Waals surface area contributed by atoms with Gasteiger partial charge in [0.15, 0.2) is 0 Å². The largest absolute Gasteiger partial charge is 0.497 e. The van der Waals surface area contributed by atoms with E-state index in [1.165, 1.54) is 0 Å². The number of nitrogens with zero attached hydrogens (tertiary/aromatic N) is 1. The van der Waals surface area contributed by atoms with Gasteiger partial charge in [-0.3, -0.25) is 9.59 Å². The molecule has 0 aliphatic carbocycles. The molecule has 0 aliphatic rings. The second kappa shape index (κ2) is 10.6. The molecule has 128 valence electrons. The first-order valence-electron chi connectivity index (χ1n) is 7.66. The molecule has 0 N–H and O–H groups in total. The Morgan fingerprint density at radius 1 is 1.09 bits per heavy atom. The maximum atomic E-state index is 12.4. The minimum absolute atomic E-state index is 0.0449. The molecule has 0 spiro atoms. The molecule has 0 aromatic heterocycles. The molecular formula is C17H25NO5. The summed E-state index contributed by atoms with van der Waals surface area (Å²) in [4.78, 5) is 25.5. The third-order valence-corrected chi connectivity index (χ3v) is 3.32. The van der Waals surface area contributed by atoms with Crippen molar-refractivity contribution < 1.29 is 23.8 Å². The third kappa shape index (κ3) is 7.15. The van der Waals surface area contributed by atoms with Crippen molar-refractivity contribution >= 4 is 11.9 Å². The lowest BCUT2D eigenvalue weighted by molar-refractivity contribution is -0.144. The fourth-order valence-electron chi connectivity index (χ4n) is 2.05. The number of amides is 1. The van der Waals surface area contributed by atoms with Crippen molar-refractivity contribution in [1.82, 2.24) is 4.90 Å². The summed E-state index contributed by atoms with van der Waals surface area (Å²) in [6, 6.07) is 7.36.